The van der Waals surface area contributed by atoms with Gasteiger partial charge in [-0.1, -0.05) is 12.1 Å². The van der Waals surface area contributed by atoms with Crippen LogP contribution in [-0.2, 0) is 6.54 Å². The van der Waals surface area contributed by atoms with Gasteiger partial charge in [-0.2, -0.15) is 0 Å². The molecule has 0 spiro atoms. The van der Waals surface area contributed by atoms with Crippen LogP contribution in [0, 0.1) is 0 Å². The average molecular weight is 321 g/mol. The number of halogens is 1. The number of benzene rings is 2. The van der Waals surface area contributed by atoms with Gasteiger partial charge in [0.15, 0.2) is 0 Å². The van der Waals surface area contributed by atoms with Gasteiger partial charge < -0.3 is 16.2 Å². The summed E-state index contributed by atoms with van der Waals surface area (Å²) in [5.41, 5.74) is 12.2. The molecule has 1 amide bonds. The molecule has 0 heterocycles. The number of carbonyl (C=O) groups is 1. The molecule has 4 N–H and O–H groups in total. The third-order valence-electron chi connectivity index (χ3n) is 2.60. The van der Waals surface area contributed by atoms with E-state index >= 15 is 0 Å². The normalized spacial score (nSPS) is 10.2. The topological polar surface area (TPSA) is 78.3 Å². The molecular formula is C14H13BrN2O2. The van der Waals surface area contributed by atoms with Crippen LogP contribution in [0.3, 0.4) is 0 Å². The Labute approximate surface area is 119 Å². The van der Waals surface area contributed by atoms with Crippen molar-refractivity contribution in [1.29, 1.82) is 0 Å². The molecule has 0 saturated heterocycles. The number of carbonyl (C=O) groups excluding carboxylic acids is 1. The molecule has 0 aliphatic carbocycles. The number of primary amides is 1. The van der Waals surface area contributed by atoms with Gasteiger partial charge in [-0.15, -0.1) is 0 Å². The zero-order chi connectivity index (χ0) is 13.8. The first-order valence-corrected chi connectivity index (χ1v) is 6.45. The zero-order valence-corrected chi connectivity index (χ0v) is 11.7. The fourth-order valence-electron chi connectivity index (χ4n) is 1.56. The van der Waals surface area contributed by atoms with E-state index in [0.717, 1.165) is 5.56 Å². The Balaban J connectivity index is 2.20. The van der Waals surface area contributed by atoms with E-state index in [4.69, 9.17) is 16.2 Å². The van der Waals surface area contributed by atoms with E-state index in [1.54, 1.807) is 18.2 Å². The summed E-state index contributed by atoms with van der Waals surface area (Å²) < 4.78 is 6.38. The molecule has 98 valence electrons. The Morgan fingerprint density at radius 1 is 1.16 bits per heavy atom. The minimum absolute atomic E-state index is 0.428. The van der Waals surface area contributed by atoms with Gasteiger partial charge in [0.25, 0.3) is 0 Å². The lowest BCUT2D eigenvalue weighted by molar-refractivity contribution is 0.1000. The summed E-state index contributed by atoms with van der Waals surface area (Å²) in [7, 11) is 0. The van der Waals surface area contributed by atoms with E-state index in [-0.39, 0.29) is 0 Å². The monoisotopic (exact) mass is 320 g/mol. The highest BCUT2D eigenvalue weighted by molar-refractivity contribution is 9.10. The predicted molar refractivity (Wildman–Crippen MR) is 77.1 cm³/mol. The van der Waals surface area contributed by atoms with Crippen molar-refractivity contribution in [2.24, 2.45) is 11.5 Å². The maximum absolute atomic E-state index is 11.0. The van der Waals surface area contributed by atoms with E-state index in [1.165, 1.54) is 0 Å². The van der Waals surface area contributed by atoms with E-state index in [1.807, 2.05) is 24.3 Å². The molecule has 0 aliphatic rings. The minimum Gasteiger partial charge on any atom is -0.456 e. The fraction of sp³-hybridized carbons (Fsp3) is 0.0714. The fourth-order valence-corrected chi connectivity index (χ4v) is 2.02. The first kappa shape index (κ1) is 13.6. The van der Waals surface area contributed by atoms with Crippen LogP contribution in [0.1, 0.15) is 15.9 Å². The van der Waals surface area contributed by atoms with Gasteiger partial charge in [-0.05, 0) is 51.8 Å². The van der Waals surface area contributed by atoms with Crippen LogP contribution >= 0.6 is 15.9 Å². The highest BCUT2D eigenvalue weighted by atomic mass is 79.9. The summed E-state index contributed by atoms with van der Waals surface area (Å²) in [6.07, 6.45) is 0. The molecule has 0 atom stereocenters. The number of nitrogens with two attached hydrogens (primary N) is 2. The highest BCUT2D eigenvalue weighted by Crippen LogP contribution is 2.30. The van der Waals surface area contributed by atoms with Gasteiger partial charge in [0.05, 0.1) is 4.47 Å². The van der Waals surface area contributed by atoms with Crippen LogP contribution < -0.4 is 16.2 Å². The standard InChI is InChI=1S/C14H13BrN2O2/c15-12-7-10(14(17)18)3-6-13(12)19-11-4-1-9(8-16)2-5-11/h1-7H,8,16H2,(H2,17,18). The maximum Gasteiger partial charge on any atom is 0.248 e. The van der Waals surface area contributed by atoms with E-state index < -0.39 is 5.91 Å². The van der Waals surface area contributed by atoms with Crippen molar-refractivity contribution in [1.82, 2.24) is 0 Å². The number of hydrogen-bond acceptors (Lipinski definition) is 3. The van der Waals surface area contributed by atoms with Crippen molar-refractivity contribution in [3.05, 3.63) is 58.1 Å². The molecule has 19 heavy (non-hydrogen) atoms. The Morgan fingerprint density at radius 3 is 2.37 bits per heavy atom. The summed E-state index contributed by atoms with van der Waals surface area (Å²) in [4.78, 5) is 11.0. The second-order valence-corrected chi connectivity index (χ2v) is 4.81. The average Bonchev–Trinajstić information content (AvgIpc) is 2.41. The minimum atomic E-state index is -0.473. The van der Waals surface area contributed by atoms with Crippen molar-refractivity contribution in [3.8, 4) is 11.5 Å². The molecule has 0 bridgehead atoms. The van der Waals surface area contributed by atoms with E-state index in [2.05, 4.69) is 15.9 Å². The van der Waals surface area contributed by atoms with Crippen molar-refractivity contribution in [3.63, 3.8) is 0 Å². The lowest BCUT2D eigenvalue weighted by Gasteiger charge is -2.09. The molecule has 0 saturated carbocycles. The van der Waals surface area contributed by atoms with Crippen LogP contribution in [-0.4, -0.2) is 5.91 Å². The molecule has 4 nitrogen and oxygen atoms in total. The number of amides is 1. The van der Waals surface area contributed by atoms with E-state index in [9.17, 15) is 4.79 Å². The van der Waals surface area contributed by atoms with Crippen LogP contribution in [0.15, 0.2) is 46.9 Å². The molecule has 2 aromatic rings. The van der Waals surface area contributed by atoms with Gasteiger partial charge in [-0.3, -0.25) is 4.79 Å². The summed E-state index contributed by atoms with van der Waals surface area (Å²) >= 11 is 3.35. The van der Waals surface area contributed by atoms with Crippen LogP contribution in [0.5, 0.6) is 11.5 Å². The molecule has 2 rings (SSSR count). The predicted octanol–water partition coefficient (Wildman–Crippen LogP) is 2.80. The second-order valence-electron chi connectivity index (χ2n) is 3.96. The van der Waals surface area contributed by atoms with Crippen LogP contribution in [0.4, 0.5) is 0 Å². The molecular weight excluding hydrogens is 308 g/mol. The summed E-state index contributed by atoms with van der Waals surface area (Å²) in [6, 6.07) is 12.4. The molecule has 0 unspecified atom stereocenters. The van der Waals surface area contributed by atoms with Gasteiger partial charge >= 0.3 is 0 Å². The molecule has 5 heteroatoms. The van der Waals surface area contributed by atoms with Crippen LogP contribution in [0.25, 0.3) is 0 Å². The van der Waals surface area contributed by atoms with Gasteiger partial charge in [-0.25, -0.2) is 0 Å². The molecule has 0 radical (unpaired) electrons. The molecule has 0 aromatic heterocycles. The van der Waals surface area contributed by atoms with Crippen molar-refractivity contribution >= 4 is 21.8 Å². The Kier molecular flexibility index (Phi) is 4.19. The molecule has 0 fully saturated rings. The largest absolute Gasteiger partial charge is 0.456 e. The summed E-state index contributed by atoms with van der Waals surface area (Å²) in [5.74, 6) is 0.842. The van der Waals surface area contributed by atoms with E-state index in [0.29, 0.717) is 28.1 Å². The number of rotatable bonds is 4. The Hall–Kier alpha value is -1.85. The summed E-state index contributed by atoms with van der Waals surface area (Å²) in [5, 5.41) is 0. The molecule has 2 aromatic carbocycles. The van der Waals surface area contributed by atoms with Crippen molar-refractivity contribution in [2.75, 3.05) is 0 Å². The van der Waals surface area contributed by atoms with Crippen molar-refractivity contribution in [2.45, 2.75) is 6.54 Å². The zero-order valence-electron chi connectivity index (χ0n) is 10.1. The SMILES string of the molecule is NCc1ccc(Oc2ccc(C(N)=O)cc2Br)cc1. The lowest BCUT2D eigenvalue weighted by Crippen LogP contribution is -2.10. The first-order chi connectivity index (χ1) is 9.10. The third-order valence-corrected chi connectivity index (χ3v) is 3.22. The first-order valence-electron chi connectivity index (χ1n) is 5.66. The lowest BCUT2D eigenvalue weighted by atomic mass is 10.2. The summed E-state index contributed by atoms with van der Waals surface area (Å²) in [6.45, 7) is 0.497. The Morgan fingerprint density at radius 2 is 1.84 bits per heavy atom. The third kappa shape index (κ3) is 3.33. The van der Waals surface area contributed by atoms with Crippen molar-refractivity contribution < 1.29 is 9.53 Å². The maximum atomic E-state index is 11.0. The van der Waals surface area contributed by atoms with Crippen LogP contribution in [0.2, 0.25) is 0 Å². The quantitative estimate of drug-likeness (QED) is 0.909. The van der Waals surface area contributed by atoms with Gasteiger partial charge in [0.1, 0.15) is 11.5 Å². The Bertz CT molecular complexity index is 597. The number of ether oxygens (including phenoxy) is 1. The second kappa shape index (κ2) is 5.86. The highest BCUT2D eigenvalue weighted by Gasteiger charge is 2.07. The number of hydrogen-bond donors (Lipinski definition) is 2. The van der Waals surface area contributed by atoms with Gasteiger partial charge in [0.2, 0.25) is 5.91 Å². The molecule has 0 aliphatic heterocycles. The van der Waals surface area contributed by atoms with Gasteiger partial charge in [0, 0.05) is 12.1 Å². The smallest absolute Gasteiger partial charge is 0.248 e.